The number of rotatable bonds is 8. The van der Waals surface area contributed by atoms with Crippen LogP contribution in [-0.4, -0.2) is 67.1 Å². The highest BCUT2D eigenvalue weighted by molar-refractivity contribution is 14.0. The Kier molecular flexibility index (Phi) is 11.1. The van der Waals surface area contributed by atoms with Gasteiger partial charge in [-0.05, 0) is 38.0 Å². The number of guanidine groups is 1. The number of aryl methyl sites for hydroxylation is 3. The zero-order valence-electron chi connectivity index (χ0n) is 18.6. The van der Waals surface area contributed by atoms with Gasteiger partial charge in [0.1, 0.15) is 0 Å². The number of morpholine rings is 1. The highest BCUT2D eigenvalue weighted by Gasteiger charge is 2.24. The zero-order valence-corrected chi connectivity index (χ0v) is 21.7. The Morgan fingerprint density at radius 1 is 1.23 bits per heavy atom. The van der Waals surface area contributed by atoms with E-state index < -0.39 is 0 Å². The van der Waals surface area contributed by atoms with E-state index in [9.17, 15) is 0 Å². The normalized spacial score (nSPS) is 15.9. The van der Waals surface area contributed by atoms with E-state index in [4.69, 9.17) is 16.3 Å². The predicted molar refractivity (Wildman–Crippen MR) is 138 cm³/mol. The lowest BCUT2D eigenvalue weighted by molar-refractivity contribution is 0.0170. The molecule has 1 aromatic carbocycles. The summed E-state index contributed by atoms with van der Waals surface area (Å²) >= 11 is 6.52. The van der Waals surface area contributed by atoms with Crippen LogP contribution in [0.25, 0.3) is 0 Å². The fourth-order valence-corrected chi connectivity index (χ4v) is 4.08. The Hall–Kier alpha value is -1.36. The number of hydrogen-bond donors (Lipinski definition) is 2. The molecule has 172 valence electrons. The maximum atomic E-state index is 6.52. The van der Waals surface area contributed by atoms with E-state index in [-0.39, 0.29) is 30.0 Å². The molecule has 3 rings (SSSR count). The van der Waals surface area contributed by atoms with Crippen molar-refractivity contribution in [3.63, 3.8) is 0 Å². The smallest absolute Gasteiger partial charge is 0.191 e. The van der Waals surface area contributed by atoms with E-state index in [1.165, 1.54) is 5.69 Å². The molecule has 1 aliphatic heterocycles. The van der Waals surface area contributed by atoms with Crippen LogP contribution in [0.3, 0.4) is 0 Å². The molecule has 1 fully saturated rings. The van der Waals surface area contributed by atoms with Crippen molar-refractivity contribution in [2.24, 2.45) is 4.99 Å². The van der Waals surface area contributed by atoms with Gasteiger partial charge in [0.25, 0.3) is 0 Å². The molecule has 0 saturated carbocycles. The molecule has 1 atom stereocenters. The van der Waals surface area contributed by atoms with E-state index in [1.54, 1.807) is 7.05 Å². The van der Waals surface area contributed by atoms with Crippen molar-refractivity contribution in [1.82, 2.24) is 25.3 Å². The number of nitrogens with zero attached hydrogens (tertiary/aromatic N) is 4. The third kappa shape index (κ3) is 7.62. The van der Waals surface area contributed by atoms with Crippen LogP contribution in [-0.2, 0) is 11.3 Å². The molecule has 0 radical (unpaired) electrons. The molecule has 31 heavy (non-hydrogen) atoms. The number of aliphatic imine (C=N–C) groups is 1. The number of hydrogen-bond acceptors (Lipinski definition) is 4. The molecule has 0 amide bonds. The summed E-state index contributed by atoms with van der Waals surface area (Å²) in [5.74, 6) is 0.800. The van der Waals surface area contributed by atoms with Crippen LogP contribution in [0.5, 0.6) is 0 Å². The fraction of sp³-hybridized carbons (Fsp3) is 0.545. The van der Waals surface area contributed by atoms with Gasteiger partial charge >= 0.3 is 0 Å². The molecular weight excluding hydrogens is 527 g/mol. The van der Waals surface area contributed by atoms with Crippen molar-refractivity contribution in [3.8, 4) is 0 Å². The van der Waals surface area contributed by atoms with Gasteiger partial charge in [-0.25, -0.2) is 0 Å². The average molecular weight is 561 g/mol. The third-order valence-corrected chi connectivity index (χ3v) is 5.72. The minimum atomic E-state index is 0. The summed E-state index contributed by atoms with van der Waals surface area (Å²) < 4.78 is 7.59. The Balaban J connectivity index is 0.00000341. The van der Waals surface area contributed by atoms with E-state index in [1.807, 2.05) is 25.1 Å². The summed E-state index contributed by atoms with van der Waals surface area (Å²) in [4.78, 5) is 6.81. The van der Waals surface area contributed by atoms with Gasteiger partial charge in [-0.3, -0.25) is 14.6 Å². The first-order valence-electron chi connectivity index (χ1n) is 10.6. The van der Waals surface area contributed by atoms with Crippen LogP contribution in [0.2, 0.25) is 5.02 Å². The molecule has 0 spiro atoms. The molecule has 0 bridgehead atoms. The summed E-state index contributed by atoms with van der Waals surface area (Å²) in [6.45, 7) is 9.84. The van der Waals surface area contributed by atoms with Crippen molar-refractivity contribution in [2.45, 2.75) is 32.9 Å². The van der Waals surface area contributed by atoms with Crippen molar-refractivity contribution in [2.75, 3.05) is 46.4 Å². The molecule has 1 aromatic heterocycles. The first-order chi connectivity index (χ1) is 14.6. The van der Waals surface area contributed by atoms with Gasteiger partial charge in [0.05, 0.1) is 24.9 Å². The van der Waals surface area contributed by atoms with Gasteiger partial charge < -0.3 is 15.4 Å². The van der Waals surface area contributed by atoms with Gasteiger partial charge in [-0.2, -0.15) is 5.10 Å². The maximum absolute atomic E-state index is 6.52. The molecule has 1 unspecified atom stereocenters. The summed E-state index contributed by atoms with van der Waals surface area (Å²) in [7, 11) is 1.80. The number of ether oxygens (including phenoxy) is 1. The average Bonchev–Trinajstić information content (AvgIpc) is 3.08. The molecule has 7 nitrogen and oxygen atoms in total. The van der Waals surface area contributed by atoms with Crippen molar-refractivity contribution in [3.05, 3.63) is 52.3 Å². The van der Waals surface area contributed by atoms with Gasteiger partial charge in [0, 0.05) is 50.5 Å². The maximum Gasteiger partial charge on any atom is 0.191 e. The first kappa shape index (κ1) is 25.9. The van der Waals surface area contributed by atoms with Crippen LogP contribution in [0.15, 0.2) is 35.3 Å². The number of aromatic nitrogens is 2. The monoisotopic (exact) mass is 560 g/mol. The molecule has 2 aromatic rings. The fourth-order valence-electron chi connectivity index (χ4n) is 3.82. The minimum Gasteiger partial charge on any atom is -0.379 e. The number of nitrogens with one attached hydrogen (secondary N) is 2. The van der Waals surface area contributed by atoms with Crippen molar-refractivity contribution < 1.29 is 4.74 Å². The standard InChI is InChI=1S/C22H33ClN6O.HI/c1-17-15-18(2)29(27-17)10-6-9-25-22(24-3)26-16-21(28-11-13-30-14-12-28)19-7-4-5-8-20(19)23;/h4-5,7-8,15,21H,6,9-14,16H2,1-3H3,(H2,24,25,26);1H. The van der Waals surface area contributed by atoms with Crippen LogP contribution in [0, 0.1) is 13.8 Å². The SMILES string of the molecule is CN=C(NCCCn1nc(C)cc1C)NCC(c1ccccc1Cl)N1CCOCC1.I. The number of benzene rings is 1. The molecule has 2 N–H and O–H groups in total. The Morgan fingerprint density at radius 3 is 2.61 bits per heavy atom. The van der Waals surface area contributed by atoms with Gasteiger partial charge in [-0.15, -0.1) is 24.0 Å². The van der Waals surface area contributed by atoms with Crippen LogP contribution in [0.4, 0.5) is 0 Å². The summed E-state index contributed by atoms with van der Waals surface area (Å²) in [6.07, 6.45) is 0.972. The Bertz CT molecular complexity index is 837. The van der Waals surface area contributed by atoms with Crippen LogP contribution < -0.4 is 10.6 Å². The molecule has 1 aliphatic rings. The lowest BCUT2D eigenvalue weighted by atomic mass is 10.0. The van der Waals surface area contributed by atoms with Crippen molar-refractivity contribution in [1.29, 1.82) is 0 Å². The van der Waals surface area contributed by atoms with Gasteiger partial charge in [-0.1, -0.05) is 29.8 Å². The highest BCUT2D eigenvalue weighted by Crippen LogP contribution is 2.27. The highest BCUT2D eigenvalue weighted by atomic mass is 127. The second-order valence-electron chi connectivity index (χ2n) is 7.57. The summed E-state index contributed by atoms with van der Waals surface area (Å²) in [5.41, 5.74) is 3.39. The topological polar surface area (TPSA) is 66.7 Å². The van der Waals surface area contributed by atoms with Crippen molar-refractivity contribution >= 4 is 41.5 Å². The molecule has 0 aliphatic carbocycles. The summed E-state index contributed by atoms with van der Waals surface area (Å²) in [6, 6.07) is 10.3. The predicted octanol–water partition coefficient (Wildman–Crippen LogP) is 3.40. The molecule has 1 saturated heterocycles. The Morgan fingerprint density at radius 2 is 1.97 bits per heavy atom. The van der Waals surface area contributed by atoms with Gasteiger partial charge in [0.15, 0.2) is 5.96 Å². The summed E-state index contributed by atoms with van der Waals surface area (Å²) in [5, 5.41) is 12.2. The van der Waals surface area contributed by atoms with Crippen LogP contribution >= 0.6 is 35.6 Å². The first-order valence-corrected chi connectivity index (χ1v) is 11.0. The lowest BCUT2D eigenvalue weighted by Gasteiger charge is -2.35. The molecule has 9 heteroatoms. The second kappa shape index (κ2) is 13.2. The second-order valence-corrected chi connectivity index (χ2v) is 7.98. The van der Waals surface area contributed by atoms with E-state index in [0.717, 1.165) is 74.6 Å². The Labute approximate surface area is 207 Å². The molecule has 2 heterocycles. The zero-order chi connectivity index (χ0) is 21.3. The third-order valence-electron chi connectivity index (χ3n) is 5.38. The quantitative estimate of drug-likeness (QED) is 0.224. The largest absolute Gasteiger partial charge is 0.379 e. The van der Waals surface area contributed by atoms with Gasteiger partial charge in [0.2, 0.25) is 0 Å². The van der Waals surface area contributed by atoms with E-state index in [2.05, 4.69) is 49.4 Å². The lowest BCUT2D eigenvalue weighted by Crippen LogP contribution is -2.46. The van der Waals surface area contributed by atoms with Crippen LogP contribution in [0.1, 0.15) is 29.4 Å². The van der Waals surface area contributed by atoms with E-state index >= 15 is 0 Å². The minimum absolute atomic E-state index is 0. The molecular formula is C22H34ClIN6O. The van der Waals surface area contributed by atoms with E-state index in [0.29, 0.717) is 0 Å². The number of halogens is 2.